The van der Waals surface area contributed by atoms with Crippen molar-refractivity contribution in [2.75, 3.05) is 12.4 Å². The number of hydrogen-bond donors (Lipinski definition) is 2. The van der Waals surface area contributed by atoms with Gasteiger partial charge in [-0.15, -0.1) is 0 Å². The largest absolute Gasteiger partial charge is 0.497 e. The number of anilines is 1. The first-order valence-electron chi connectivity index (χ1n) is 12.0. The first kappa shape index (κ1) is 21.7. The number of carbonyl (C=O) groups is 1. The summed E-state index contributed by atoms with van der Waals surface area (Å²) in [5.41, 5.74) is 1.71. The van der Waals surface area contributed by atoms with E-state index >= 15 is 0 Å². The van der Waals surface area contributed by atoms with E-state index in [2.05, 4.69) is 25.7 Å². The van der Waals surface area contributed by atoms with Crippen molar-refractivity contribution in [2.24, 2.45) is 5.92 Å². The van der Waals surface area contributed by atoms with Crippen LogP contribution in [0.2, 0.25) is 0 Å². The Morgan fingerprint density at radius 3 is 2.39 bits per heavy atom. The number of methoxy groups -OCH3 is 1. The van der Waals surface area contributed by atoms with Crippen LogP contribution in [-0.4, -0.2) is 44.8 Å². The molecule has 0 saturated heterocycles. The number of aryl methyl sites for hydroxylation is 1. The average Bonchev–Trinajstić information content (AvgIpc) is 3.51. The van der Waals surface area contributed by atoms with E-state index in [0.717, 1.165) is 66.8 Å². The van der Waals surface area contributed by atoms with Crippen molar-refractivity contribution >= 4 is 22.8 Å². The minimum absolute atomic E-state index is 0.236. The van der Waals surface area contributed by atoms with E-state index in [4.69, 9.17) is 4.74 Å². The summed E-state index contributed by atoms with van der Waals surface area (Å²) in [5.74, 6) is 2.84. The molecule has 2 aliphatic carbocycles. The predicted octanol–water partition coefficient (Wildman–Crippen LogP) is 4.16. The van der Waals surface area contributed by atoms with Gasteiger partial charge in [-0.3, -0.25) is 4.79 Å². The maximum Gasteiger partial charge on any atom is 0.223 e. The van der Waals surface area contributed by atoms with Gasteiger partial charge in [0.1, 0.15) is 17.4 Å². The van der Waals surface area contributed by atoms with Crippen LogP contribution in [0.25, 0.3) is 16.7 Å². The van der Waals surface area contributed by atoms with Gasteiger partial charge in [0.2, 0.25) is 5.91 Å². The molecule has 0 atom stereocenters. The van der Waals surface area contributed by atoms with Gasteiger partial charge in [-0.1, -0.05) is 12.8 Å². The third kappa shape index (κ3) is 4.65. The fourth-order valence-electron chi connectivity index (χ4n) is 5.12. The molecule has 2 heterocycles. The maximum absolute atomic E-state index is 12.5. The third-order valence-electron chi connectivity index (χ3n) is 7.00. The van der Waals surface area contributed by atoms with E-state index in [9.17, 15) is 4.79 Å². The van der Waals surface area contributed by atoms with Crippen LogP contribution in [0.3, 0.4) is 0 Å². The molecule has 0 spiro atoms. The lowest BCUT2D eigenvalue weighted by Crippen LogP contribution is -2.42. The lowest BCUT2D eigenvalue weighted by Gasteiger charge is -2.30. The van der Waals surface area contributed by atoms with Gasteiger partial charge in [-0.05, 0) is 69.7 Å². The van der Waals surface area contributed by atoms with Crippen LogP contribution in [0.5, 0.6) is 5.75 Å². The molecular weight excluding hydrogens is 416 g/mol. The van der Waals surface area contributed by atoms with Crippen molar-refractivity contribution in [1.29, 1.82) is 0 Å². The summed E-state index contributed by atoms with van der Waals surface area (Å²) in [6, 6.07) is 8.39. The van der Waals surface area contributed by atoms with Crippen LogP contribution >= 0.6 is 0 Å². The predicted molar refractivity (Wildman–Crippen MR) is 128 cm³/mol. The summed E-state index contributed by atoms with van der Waals surface area (Å²) in [7, 11) is 1.66. The molecule has 0 aliphatic heterocycles. The lowest BCUT2D eigenvalue weighted by atomic mass is 9.90. The third-order valence-corrected chi connectivity index (χ3v) is 7.00. The fourth-order valence-corrected chi connectivity index (χ4v) is 5.12. The molecular formula is C25H32N6O2. The van der Waals surface area contributed by atoms with E-state index in [-0.39, 0.29) is 11.8 Å². The number of ether oxygens (including phenoxy) is 1. The van der Waals surface area contributed by atoms with Gasteiger partial charge in [0.05, 0.1) is 24.4 Å². The lowest BCUT2D eigenvalue weighted by molar-refractivity contribution is -0.125. The van der Waals surface area contributed by atoms with Crippen LogP contribution in [0.4, 0.5) is 5.82 Å². The Hall–Kier alpha value is -3.16. The summed E-state index contributed by atoms with van der Waals surface area (Å²) >= 11 is 0. The van der Waals surface area contributed by atoms with E-state index in [0.29, 0.717) is 17.9 Å². The summed E-state index contributed by atoms with van der Waals surface area (Å²) in [5, 5.41) is 12.4. The number of nitrogens with one attached hydrogen (secondary N) is 2. The average molecular weight is 449 g/mol. The van der Waals surface area contributed by atoms with Crippen LogP contribution in [0.1, 0.15) is 57.2 Å². The molecule has 0 unspecified atom stereocenters. The van der Waals surface area contributed by atoms with Crippen LogP contribution < -0.4 is 15.4 Å². The molecule has 2 fully saturated rings. The van der Waals surface area contributed by atoms with E-state index in [1.54, 1.807) is 7.11 Å². The van der Waals surface area contributed by atoms with Gasteiger partial charge in [-0.2, -0.15) is 5.10 Å². The molecule has 2 aliphatic rings. The fraction of sp³-hybridized carbons (Fsp3) is 0.520. The molecule has 2 aromatic heterocycles. The van der Waals surface area contributed by atoms with Gasteiger partial charge in [0.25, 0.3) is 0 Å². The van der Waals surface area contributed by atoms with Crippen molar-refractivity contribution in [3.63, 3.8) is 0 Å². The summed E-state index contributed by atoms with van der Waals surface area (Å²) < 4.78 is 7.10. The van der Waals surface area contributed by atoms with Crippen LogP contribution in [-0.2, 0) is 4.79 Å². The second kappa shape index (κ2) is 9.37. The number of rotatable bonds is 6. The number of hydrogen-bond acceptors (Lipinski definition) is 6. The zero-order valence-corrected chi connectivity index (χ0v) is 19.4. The van der Waals surface area contributed by atoms with Crippen molar-refractivity contribution in [3.8, 4) is 11.4 Å². The van der Waals surface area contributed by atoms with Crippen LogP contribution in [0.15, 0.2) is 30.5 Å². The molecule has 2 N–H and O–H groups in total. The molecule has 174 valence electrons. The van der Waals surface area contributed by atoms with Crippen LogP contribution in [0, 0.1) is 12.8 Å². The summed E-state index contributed by atoms with van der Waals surface area (Å²) in [6.45, 7) is 1.91. The van der Waals surface area contributed by atoms with Gasteiger partial charge >= 0.3 is 0 Å². The minimum atomic E-state index is 0.236. The number of nitrogens with zero attached hydrogens (tertiary/aromatic N) is 4. The highest BCUT2D eigenvalue weighted by molar-refractivity contribution is 5.87. The van der Waals surface area contributed by atoms with E-state index < -0.39 is 0 Å². The molecule has 5 rings (SSSR count). The zero-order chi connectivity index (χ0) is 22.8. The Labute approximate surface area is 194 Å². The summed E-state index contributed by atoms with van der Waals surface area (Å²) in [4.78, 5) is 21.8. The van der Waals surface area contributed by atoms with Crippen molar-refractivity contribution < 1.29 is 9.53 Å². The van der Waals surface area contributed by atoms with Gasteiger partial charge in [0, 0.05) is 18.0 Å². The Bertz CT molecular complexity index is 1110. The van der Waals surface area contributed by atoms with Gasteiger partial charge in [0.15, 0.2) is 5.65 Å². The molecule has 3 aromatic rings. The first-order chi connectivity index (χ1) is 16.1. The topological polar surface area (TPSA) is 94.0 Å². The zero-order valence-electron chi connectivity index (χ0n) is 19.4. The van der Waals surface area contributed by atoms with Crippen molar-refractivity contribution in [2.45, 2.75) is 70.4 Å². The molecule has 8 heteroatoms. The highest BCUT2D eigenvalue weighted by Gasteiger charge is 2.28. The number of amides is 1. The Morgan fingerprint density at radius 1 is 1.00 bits per heavy atom. The maximum atomic E-state index is 12.5. The normalized spacial score (nSPS) is 21.3. The monoisotopic (exact) mass is 448 g/mol. The SMILES string of the molecule is COc1ccc(-n2ncc3c(NC4CCC(NC(=O)C5CCCC5)CC4)nc(C)nc32)cc1. The number of aromatic nitrogens is 4. The molecule has 2 saturated carbocycles. The smallest absolute Gasteiger partial charge is 0.223 e. The highest BCUT2D eigenvalue weighted by Crippen LogP contribution is 2.29. The second-order valence-corrected chi connectivity index (χ2v) is 9.29. The number of carbonyl (C=O) groups excluding carboxylic acids is 1. The van der Waals surface area contributed by atoms with Crippen molar-refractivity contribution in [3.05, 3.63) is 36.3 Å². The molecule has 8 nitrogen and oxygen atoms in total. The van der Waals surface area contributed by atoms with E-state index in [1.165, 1.54) is 12.8 Å². The van der Waals surface area contributed by atoms with Gasteiger partial charge < -0.3 is 15.4 Å². The molecule has 1 aromatic carbocycles. The standard InChI is InChI=1S/C25H32N6O2/c1-16-27-23(22-15-26-31(24(22)28-16)20-11-13-21(33-2)14-12-20)29-18-7-9-19(10-8-18)30-25(32)17-5-3-4-6-17/h11-15,17-19H,3-10H2,1-2H3,(H,30,32)(H,27,28,29). The molecule has 0 bridgehead atoms. The quantitative estimate of drug-likeness (QED) is 0.588. The highest BCUT2D eigenvalue weighted by atomic mass is 16.5. The Morgan fingerprint density at radius 2 is 1.70 bits per heavy atom. The number of fused-ring (bicyclic) bond motifs is 1. The van der Waals surface area contributed by atoms with Crippen molar-refractivity contribution in [1.82, 2.24) is 25.1 Å². The van der Waals surface area contributed by atoms with Gasteiger partial charge in [-0.25, -0.2) is 14.6 Å². The molecule has 1 amide bonds. The van der Waals surface area contributed by atoms with E-state index in [1.807, 2.05) is 42.1 Å². The Kier molecular flexibility index (Phi) is 6.15. The molecule has 33 heavy (non-hydrogen) atoms. The molecule has 0 radical (unpaired) electrons. The second-order valence-electron chi connectivity index (χ2n) is 9.29. The number of benzene rings is 1. The minimum Gasteiger partial charge on any atom is -0.497 e. The Balaban J connectivity index is 1.26. The summed E-state index contributed by atoms with van der Waals surface area (Å²) in [6.07, 6.45) is 10.3. The first-order valence-corrected chi connectivity index (χ1v) is 12.0.